The maximum atomic E-state index is 11.3. The van der Waals surface area contributed by atoms with Gasteiger partial charge in [0.15, 0.2) is 5.75 Å². The number of hydrogen-bond donors (Lipinski definition) is 0. The molecule has 1 aromatic heterocycles. The number of alkyl halides is 1. The van der Waals surface area contributed by atoms with E-state index in [1.807, 2.05) is 0 Å². The summed E-state index contributed by atoms with van der Waals surface area (Å²) in [6.07, 6.45) is 1.22. The van der Waals surface area contributed by atoms with Crippen molar-refractivity contribution in [1.82, 2.24) is 4.98 Å². The maximum Gasteiger partial charge on any atom is 1.00 e. The molecule has 0 aliphatic carbocycles. The SMILES string of the molecule is Cc1cc(OS(=O)(=O)CCCl)cnc1CO[O-].[Na+]. The second-order valence-electron chi connectivity index (χ2n) is 3.23. The molecule has 1 heterocycles. The Bertz CT molecular complexity index is 482. The summed E-state index contributed by atoms with van der Waals surface area (Å²) < 4.78 is 27.4. The molecule has 0 radical (unpaired) electrons. The van der Waals surface area contributed by atoms with Crippen molar-refractivity contribution in [2.45, 2.75) is 13.5 Å². The van der Waals surface area contributed by atoms with Gasteiger partial charge in [0.05, 0.1) is 24.3 Å². The zero-order valence-electron chi connectivity index (χ0n) is 10.1. The zero-order chi connectivity index (χ0) is 12.9. The average Bonchev–Trinajstić information content (AvgIpc) is 2.21. The first-order chi connectivity index (χ1) is 7.98. The van der Waals surface area contributed by atoms with Crippen molar-refractivity contribution in [2.75, 3.05) is 11.6 Å². The summed E-state index contributed by atoms with van der Waals surface area (Å²) in [4.78, 5) is 7.56. The van der Waals surface area contributed by atoms with Gasteiger partial charge in [-0.1, -0.05) is 0 Å². The summed E-state index contributed by atoms with van der Waals surface area (Å²) >= 11 is 5.32. The Morgan fingerprint density at radius 3 is 2.67 bits per heavy atom. The van der Waals surface area contributed by atoms with Crippen LogP contribution in [0.15, 0.2) is 12.3 Å². The quantitative estimate of drug-likeness (QED) is 0.185. The van der Waals surface area contributed by atoms with Crippen LogP contribution in [0.2, 0.25) is 0 Å². The fraction of sp³-hybridized carbons (Fsp3) is 0.444. The van der Waals surface area contributed by atoms with E-state index in [0.29, 0.717) is 11.3 Å². The van der Waals surface area contributed by atoms with Gasteiger partial charge in [0.25, 0.3) is 0 Å². The summed E-state index contributed by atoms with van der Waals surface area (Å²) in [5.74, 6) is -0.238. The fourth-order valence-electron chi connectivity index (χ4n) is 1.11. The fourth-order valence-corrected chi connectivity index (χ4v) is 2.34. The average molecular weight is 304 g/mol. The Morgan fingerprint density at radius 1 is 1.50 bits per heavy atom. The molecule has 0 atom stereocenters. The van der Waals surface area contributed by atoms with E-state index in [4.69, 9.17) is 15.8 Å². The molecule has 0 saturated heterocycles. The van der Waals surface area contributed by atoms with Crippen LogP contribution in [0, 0.1) is 6.92 Å². The molecule has 0 aliphatic heterocycles. The molecule has 0 unspecified atom stereocenters. The smallest absolute Gasteiger partial charge is 0.723 e. The third-order valence-electron chi connectivity index (χ3n) is 1.91. The monoisotopic (exact) mass is 303 g/mol. The Labute approximate surface area is 133 Å². The van der Waals surface area contributed by atoms with Gasteiger partial charge >= 0.3 is 39.7 Å². The Kier molecular flexibility index (Phi) is 8.37. The van der Waals surface area contributed by atoms with E-state index in [2.05, 4.69) is 9.87 Å². The largest absolute Gasteiger partial charge is 1.00 e. The van der Waals surface area contributed by atoms with Crippen molar-refractivity contribution in [1.29, 1.82) is 0 Å². The molecule has 0 bridgehead atoms. The van der Waals surface area contributed by atoms with Crippen molar-refractivity contribution in [2.24, 2.45) is 0 Å². The first-order valence-corrected chi connectivity index (χ1v) is 6.78. The van der Waals surface area contributed by atoms with Gasteiger partial charge in [-0.3, -0.25) is 4.98 Å². The number of pyridine rings is 1. The summed E-state index contributed by atoms with van der Waals surface area (Å²) in [5, 5.41) is 9.97. The second-order valence-corrected chi connectivity index (χ2v) is 5.30. The molecular formula is C9H11ClNNaO5S. The standard InChI is InChI=1S/C9H12ClNO5S.Na/c1-7-4-8(5-11-9(7)6-15-12)16-17(13,14)3-2-10;/h4-5,12H,2-3,6H2,1H3;/q;+1/p-1. The van der Waals surface area contributed by atoms with Crippen molar-refractivity contribution < 1.29 is 52.3 Å². The molecule has 1 aromatic rings. The van der Waals surface area contributed by atoms with Crippen molar-refractivity contribution in [3.63, 3.8) is 0 Å². The van der Waals surface area contributed by atoms with Gasteiger partial charge in [-0.2, -0.15) is 8.42 Å². The summed E-state index contributed by atoms with van der Waals surface area (Å²) in [7, 11) is -3.69. The third-order valence-corrected chi connectivity index (χ3v) is 3.47. The second kappa shape index (κ2) is 8.31. The van der Waals surface area contributed by atoms with E-state index in [9.17, 15) is 13.7 Å². The van der Waals surface area contributed by atoms with Crippen LogP contribution < -0.4 is 39.0 Å². The molecule has 0 saturated carbocycles. The van der Waals surface area contributed by atoms with E-state index in [0.717, 1.165) is 0 Å². The number of nitrogens with zero attached hydrogens (tertiary/aromatic N) is 1. The Morgan fingerprint density at radius 2 is 2.17 bits per heavy atom. The van der Waals surface area contributed by atoms with E-state index in [-0.39, 0.29) is 53.5 Å². The van der Waals surface area contributed by atoms with Crippen LogP contribution in [0.25, 0.3) is 0 Å². The van der Waals surface area contributed by atoms with Gasteiger partial charge in [0.1, 0.15) is 0 Å². The van der Waals surface area contributed by atoms with Crippen LogP contribution in [-0.4, -0.2) is 25.0 Å². The summed E-state index contributed by atoms with van der Waals surface area (Å²) in [6.45, 7) is 1.49. The summed E-state index contributed by atoms with van der Waals surface area (Å²) in [6, 6.07) is 1.47. The summed E-state index contributed by atoms with van der Waals surface area (Å²) in [5.41, 5.74) is 1.04. The van der Waals surface area contributed by atoms with Crippen LogP contribution in [-0.2, 0) is 21.6 Å². The van der Waals surface area contributed by atoms with E-state index in [1.165, 1.54) is 12.3 Å². The van der Waals surface area contributed by atoms with Gasteiger partial charge in [-0.25, -0.2) is 0 Å². The molecular weight excluding hydrogens is 293 g/mol. The third kappa shape index (κ3) is 5.83. The Hall–Kier alpha value is 0.110. The number of hydrogen-bond acceptors (Lipinski definition) is 6. The van der Waals surface area contributed by atoms with E-state index < -0.39 is 10.1 Å². The molecule has 96 valence electrons. The van der Waals surface area contributed by atoms with Gasteiger partial charge in [0.2, 0.25) is 0 Å². The minimum atomic E-state index is -3.69. The van der Waals surface area contributed by atoms with Gasteiger partial charge in [-0.15, -0.1) is 11.6 Å². The van der Waals surface area contributed by atoms with Crippen LogP contribution in [0.1, 0.15) is 11.3 Å². The van der Waals surface area contributed by atoms with Crippen molar-refractivity contribution in [3.8, 4) is 5.75 Å². The van der Waals surface area contributed by atoms with Gasteiger partial charge in [0, 0.05) is 5.88 Å². The number of aromatic nitrogens is 1. The van der Waals surface area contributed by atoms with Gasteiger partial charge in [-0.05, 0) is 18.6 Å². The molecule has 0 spiro atoms. The normalized spacial score (nSPS) is 10.8. The number of halogens is 1. The maximum absolute atomic E-state index is 11.3. The first-order valence-electron chi connectivity index (χ1n) is 4.67. The van der Waals surface area contributed by atoms with Crippen LogP contribution in [0.5, 0.6) is 5.75 Å². The minimum Gasteiger partial charge on any atom is -0.723 e. The molecule has 0 aliphatic rings. The molecule has 0 N–H and O–H groups in total. The van der Waals surface area contributed by atoms with Gasteiger partial charge < -0.3 is 14.3 Å². The molecule has 1 rings (SSSR count). The zero-order valence-corrected chi connectivity index (χ0v) is 13.6. The molecule has 0 fully saturated rings. The first kappa shape index (κ1) is 18.1. The molecule has 6 nitrogen and oxygen atoms in total. The Balaban J connectivity index is 0.00000289. The van der Waals surface area contributed by atoms with E-state index in [1.54, 1.807) is 6.92 Å². The van der Waals surface area contributed by atoms with Crippen molar-refractivity contribution in [3.05, 3.63) is 23.5 Å². The minimum absolute atomic E-state index is 0. The molecule has 9 heteroatoms. The molecule has 0 amide bonds. The molecule has 0 aromatic carbocycles. The predicted octanol–water partition coefficient (Wildman–Crippen LogP) is -2.87. The van der Waals surface area contributed by atoms with Crippen LogP contribution in [0.4, 0.5) is 0 Å². The topological polar surface area (TPSA) is 88.6 Å². The van der Waals surface area contributed by atoms with Crippen LogP contribution in [0.3, 0.4) is 0 Å². The van der Waals surface area contributed by atoms with Crippen LogP contribution >= 0.6 is 11.6 Å². The molecule has 18 heavy (non-hydrogen) atoms. The number of aryl methyl sites for hydroxylation is 1. The number of rotatable bonds is 6. The predicted molar refractivity (Wildman–Crippen MR) is 58.9 cm³/mol. The van der Waals surface area contributed by atoms with E-state index >= 15 is 0 Å². The van der Waals surface area contributed by atoms with Crippen molar-refractivity contribution >= 4 is 21.7 Å².